The summed E-state index contributed by atoms with van der Waals surface area (Å²) in [5.41, 5.74) is 0.660. The zero-order valence-corrected chi connectivity index (χ0v) is 11.1. The highest BCUT2D eigenvalue weighted by atomic mass is 16.5. The molecule has 5 heteroatoms. The molecule has 18 heavy (non-hydrogen) atoms. The third kappa shape index (κ3) is 5.82. The molecule has 0 unspecified atom stereocenters. The van der Waals surface area contributed by atoms with Gasteiger partial charge in [-0.3, -0.25) is 4.79 Å². The van der Waals surface area contributed by atoms with E-state index in [0.29, 0.717) is 37.5 Å². The van der Waals surface area contributed by atoms with E-state index >= 15 is 0 Å². The summed E-state index contributed by atoms with van der Waals surface area (Å²) < 4.78 is 4.65. The summed E-state index contributed by atoms with van der Waals surface area (Å²) in [6.07, 6.45) is 5.16. The maximum atomic E-state index is 11.4. The molecule has 0 aromatic rings. The molecule has 0 heterocycles. The lowest BCUT2D eigenvalue weighted by atomic mass is 10.2. The molecular weight excluding hydrogens is 232 g/mol. The second-order valence-corrected chi connectivity index (χ2v) is 4.37. The SMILES string of the molecule is CCC(=CCNCCC(=O)NC1CC1)C(=O)OC. The molecule has 0 bridgehead atoms. The van der Waals surface area contributed by atoms with Gasteiger partial charge in [-0.25, -0.2) is 4.79 Å². The Morgan fingerprint density at radius 3 is 2.67 bits per heavy atom. The fraction of sp³-hybridized carbons (Fsp3) is 0.692. The predicted octanol–water partition coefficient (Wildman–Crippen LogP) is 0.754. The summed E-state index contributed by atoms with van der Waals surface area (Å²) >= 11 is 0. The maximum absolute atomic E-state index is 11.4. The Morgan fingerprint density at radius 2 is 2.11 bits per heavy atom. The number of nitrogens with one attached hydrogen (secondary N) is 2. The van der Waals surface area contributed by atoms with Crippen molar-refractivity contribution in [2.24, 2.45) is 0 Å². The Bertz CT molecular complexity index is 322. The molecule has 0 spiro atoms. The van der Waals surface area contributed by atoms with Gasteiger partial charge in [0.15, 0.2) is 0 Å². The largest absolute Gasteiger partial charge is 0.466 e. The van der Waals surface area contributed by atoms with Gasteiger partial charge in [0.25, 0.3) is 0 Å². The number of ether oxygens (including phenoxy) is 1. The van der Waals surface area contributed by atoms with Crippen LogP contribution < -0.4 is 10.6 Å². The van der Waals surface area contributed by atoms with Crippen molar-refractivity contribution < 1.29 is 14.3 Å². The van der Waals surface area contributed by atoms with Gasteiger partial charge >= 0.3 is 5.97 Å². The highest BCUT2D eigenvalue weighted by Gasteiger charge is 2.22. The number of carbonyl (C=O) groups is 2. The molecule has 1 saturated carbocycles. The number of rotatable bonds is 8. The fourth-order valence-corrected chi connectivity index (χ4v) is 1.53. The number of hydrogen-bond donors (Lipinski definition) is 2. The number of amides is 1. The van der Waals surface area contributed by atoms with Crippen LogP contribution in [0.3, 0.4) is 0 Å². The Labute approximate surface area is 108 Å². The average Bonchev–Trinajstić information content (AvgIpc) is 3.16. The molecule has 1 aliphatic carbocycles. The van der Waals surface area contributed by atoms with E-state index in [1.54, 1.807) is 0 Å². The molecule has 1 amide bonds. The molecule has 0 saturated heterocycles. The van der Waals surface area contributed by atoms with Crippen molar-refractivity contribution in [2.45, 2.75) is 38.6 Å². The zero-order valence-electron chi connectivity index (χ0n) is 11.1. The van der Waals surface area contributed by atoms with Crippen LogP contribution in [0.2, 0.25) is 0 Å². The Hall–Kier alpha value is -1.36. The molecule has 2 N–H and O–H groups in total. The van der Waals surface area contributed by atoms with Crippen LogP contribution >= 0.6 is 0 Å². The van der Waals surface area contributed by atoms with E-state index in [-0.39, 0.29) is 11.9 Å². The third-order valence-corrected chi connectivity index (χ3v) is 2.79. The first kappa shape index (κ1) is 14.7. The Balaban J connectivity index is 2.10. The van der Waals surface area contributed by atoms with E-state index < -0.39 is 0 Å². The highest BCUT2D eigenvalue weighted by molar-refractivity contribution is 5.88. The van der Waals surface area contributed by atoms with Gasteiger partial charge in [0.1, 0.15) is 0 Å². The fourth-order valence-electron chi connectivity index (χ4n) is 1.53. The summed E-state index contributed by atoms with van der Waals surface area (Å²) in [5.74, 6) is -0.191. The van der Waals surface area contributed by atoms with Crippen molar-refractivity contribution >= 4 is 11.9 Å². The van der Waals surface area contributed by atoms with Gasteiger partial charge in [0.2, 0.25) is 5.91 Å². The summed E-state index contributed by atoms with van der Waals surface area (Å²) in [4.78, 5) is 22.6. The molecule has 5 nitrogen and oxygen atoms in total. The quantitative estimate of drug-likeness (QED) is 0.381. The second-order valence-electron chi connectivity index (χ2n) is 4.37. The monoisotopic (exact) mass is 254 g/mol. The first-order valence-electron chi connectivity index (χ1n) is 6.44. The van der Waals surface area contributed by atoms with Crippen LogP contribution in [0.4, 0.5) is 0 Å². The standard InChI is InChI=1S/C13H22N2O3/c1-3-10(13(17)18-2)6-8-14-9-7-12(16)15-11-4-5-11/h6,11,14H,3-5,7-9H2,1-2H3,(H,15,16). The topological polar surface area (TPSA) is 67.4 Å². The van der Waals surface area contributed by atoms with E-state index in [4.69, 9.17) is 0 Å². The minimum absolute atomic E-state index is 0.0951. The van der Waals surface area contributed by atoms with E-state index in [0.717, 1.165) is 12.8 Å². The molecule has 0 aromatic carbocycles. The molecule has 0 atom stereocenters. The molecular formula is C13H22N2O3. The first-order valence-corrected chi connectivity index (χ1v) is 6.44. The van der Waals surface area contributed by atoms with Crippen LogP contribution in [0.1, 0.15) is 32.6 Å². The van der Waals surface area contributed by atoms with E-state index in [1.807, 2.05) is 13.0 Å². The predicted molar refractivity (Wildman–Crippen MR) is 69.0 cm³/mol. The maximum Gasteiger partial charge on any atom is 0.333 e. The van der Waals surface area contributed by atoms with Crippen LogP contribution in [-0.2, 0) is 14.3 Å². The van der Waals surface area contributed by atoms with Gasteiger partial charge in [-0.05, 0) is 19.3 Å². The molecule has 1 aliphatic rings. The molecule has 1 rings (SSSR count). The molecule has 0 radical (unpaired) electrons. The summed E-state index contributed by atoms with van der Waals surface area (Å²) in [7, 11) is 1.38. The van der Waals surface area contributed by atoms with Crippen molar-refractivity contribution in [1.29, 1.82) is 0 Å². The normalized spacial score (nSPS) is 15.3. The van der Waals surface area contributed by atoms with Crippen LogP contribution in [0.15, 0.2) is 11.6 Å². The van der Waals surface area contributed by atoms with Crippen molar-refractivity contribution in [3.05, 3.63) is 11.6 Å². The third-order valence-electron chi connectivity index (χ3n) is 2.79. The van der Waals surface area contributed by atoms with Gasteiger partial charge in [0, 0.05) is 31.1 Å². The van der Waals surface area contributed by atoms with Crippen molar-refractivity contribution in [3.63, 3.8) is 0 Å². The number of hydrogen-bond acceptors (Lipinski definition) is 4. The van der Waals surface area contributed by atoms with Gasteiger partial charge in [-0.15, -0.1) is 0 Å². The minimum Gasteiger partial charge on any atom is -0.466 e. The van der Waals surface area contributed by atoms with Crippen LogP contribution in [-0.4, -0.2) is 38.1 Å². The Kier molecular flexibility index (Phi) is 6.43. The van der Waals surface area contributed by atoms with Crippen molar-refractivity contribution in [2.75, 3.05) is 20.2 Å². The zero-order chi connectivity index (χ0) is 13.4. The van der Waals surface area contributed by atoms with E-state index in [9.17, 15) is 9.59 Å². The first-order chi connectivity index (χ1) is 8.67. The molecule has 0 aromatic heterocycles. The lowest BCUT2D eigenvalue weighted by molar-refractivity contribution is -0.136. The van der Waals surface area contributed by atoms with Gasteiger partial charge in [-0.2, -0.15) is 0 Å². The van der Waals surface area contributed by atoms with E-state index in [2.05, 4.69) is 15.4 Å². The summed E-state index contributed by atoms with van der Waals surface area (Å²) in [5, 5.41) is 6.03. The van der Waals surface area contributed by atoms with Gasteiger partial charge in [-0.1, -0.05) is 13.0 Å². The smallest absolute Gasteiger partial charge is 0.333 e. The summed E-state index contributed by atoms with van der Waals surface area (Å²) in [6, 6.07) is 0.420. The lowest BCUT2D eigenvalue weighted by Crippen LogP contribution is -2.29. The minimum atomic E-state index is -0.286. The molecule has 1 fully saturated rings. The van der Waals surface area contributed by atoms with Gasteiger partial charge < -0.3 is 15.4 Å². The number of methoxy groups -OCH3 is 1. The number of esters is 1. The van der Waals surface area contributed by atoms with Crippen LogP contribution in [0.25, 0.3) is 0 Å². The Morgan fingerprint density at radius 1 is 1.39 bits per heavy atom. The molecule has 102 valence electrons. The second kappa shape index (κ2) is 7.87. The average molecular weight is 254 g/mol. The van der Waals surface area contributed by atoms with E-state index in [1.165, 1.54) is 7.11 Å². The highest BCUT2D eigenvalue weighted by Crippen LogP contribution is 2.18. The van der Waals surface area contributed by atoms with Crippen LogP contribution in [0.5, 0.6) is 0 Å². The molecule has 0 aliphatic heterocycles. The van der Waals surface area contributed by atoms with Crippen LogP contribution in [0, 0.1) is 0 Å². The lowest BCUT2D eigenvalue weighted by Gasteiger charge is -2.05. The van der Waals surface area contributed by atoms with Crippen molar-refractivity contribution in [1.82, 2.24) is 10.6 Å². The van der Waals surface area contributed by atoms with Crippen molar-refractivity contribution in [3.8, 4) is 0 Å². The summed E-state index contributed by atoms with van der Waals surface area (Å²) in [6.45, 7) is 3.11. The van der Waals surface area contributed by atoms with Gasteiger partial charge in [0.05, 0.1) is 7.11 Å². The number of carbonyl (C=O) groups excluding carboxylic acids is 2.